The monoisotopic (exact) mass is 294 g/mol. The van der Waals surface area contributed by atoms with Crippen LogP contribution in [0.3, 0.4) is 0 Å². The van der Waals surface area contributed by atoms with Crippen molar-refractivity contribution >= 4 is 12.6 Å². The number of likely N-dealkylation sites (tertiary alicyclic amines) is 1. The number of rotatable bonds is 6. The van der Waals surface area contributed by atoms with Gasteiger partial charge in [-0.1, -0.05) is 6.07 Å². The van der Waals surface area contributed by atoms with E-state index in [4.69, 9.17) is 19.5 Å². The Hall–Kier alpha value is -0.985. The number of piperidine rings is 1. The highest BCUT2D eigenvalue weighted by molar-refractivity contribution is 6.58. The van der Waals surface area contributed by atoms with Crippen LogP contribution in [0, 0.1) is 0 Å². The highest BCUT2D eigenvalue weighted by Gasteiger charge is 2.23. The van der Waals surface area contributed by atoms with Crippen molar-refractivity contribution in [2.24, 2.45) is 0 Å². The lowest BCUT2D eigenvalue weighted by atomic mass is 9.81. The fourth-order valence-electron chi connectivity index (χ4n) is 2.68. The predicted molar refractivity (Wildman–Crippen MR) is 80.3 cm³/mol. The molecule has 2 N–H and O–H groups in total. The van der Waals surface area contributed by atoms with E-state index in [-0.39, 0.29) is 6.29 Å². The second kappa shape index (κ2) is 7.86. The predicted octanol–water partition coefficient (Wildman–Crippen LogP) is -0.440. The van der Waals surface area contributed by atoms with Crippen LogP contribution < -0.4 is 5.46 Å². The summed E-state index contributed by atoms with van der Waals surface area (Å²) >= 11 is 0. The second-order valence-electron chi connectivity index (χ2n) is 5.37. The van der Waals surface area contributed by atoms with E-state index >= 15 is 0 Å². The Morgan fingerprint density at radius 2 is 1.95 bits per heavy atom. The Morgan fingerprint density at radius 3 is 2.43 bits per heavy atom. The summed E-state index contributed by atoms with van der Waals surface area (Å²) in [6.07, 6.45) is 3.44. The summed E-state index contributed by atoms with van der Waals surface area (Å²) in [6.45, 7) is 2.75. The number of hydrogen-bond donors (Lipinski definition) is 2. The zero-order chi connectivity index (χ0) is 15.2. The normalized spacial score (nSPS) is 17.4. The van der Waals surface area contributed by atoms with Crippen LogP contribution in [0.5, 0.6) is 0 Å². The van der Waals surface area contributed by atoms with Gasteiger partial charge in [-0.15, -0.1) is 0 Å². The first-order chi connectivity index (χ1) is 10.1. The smallest absolute Gasteiger partial charge is 0.423 e. The molecule has 0 bridgehead atoms. The zero-order valence-corrected chi connectivity index (χ0v) is 12.6. The fraction of sp³-hybridized carbons (Fsp3) is 0.643. The molecular formula is C14H23BN2O4. The van der Waals surface area contributed by atoms with Crippen LogP contribution in [0.25, 0.3) is 0 Å². The molecule has 1 aliphatic rings. The van der Waals surface area contributed by atoms with Gasteiger partial charge in [0.05, 0.1) is 0 Å². The molecule has 0 aromatic carbocycles. The standard InChI is InChI=1S/C14H23BN2O4/c1-20-14(21-2)10-17-7-5-11(6-8-17)13-4-3-12(9-16-13)15(18)19/h3-4,9,11,14,18-19H,5-8,10H2,1-2H3. The summed E-state index contributed by atoms with van der Waals surface area (Å²) in [5.41, 5.74) is 1.45. The average molecular weight is 294 g/mol. The molecule has 1 aromatic heterocycles. The zero-order valence-electron chi connectivity index (χ0n) is 12.6. The maximum atomic E-state index is 9.08. The number of hydrogen-bond acceptors (Lipinski definition) is 6. The highest BCUT2D eigenvalue weighted by Crippen LogP contribution is 2.26. The van der Waals surface area contributed by atoms with Crippen LogP contribution in [0.1, 0.15) is 24.5 Å². The van der Waals surface area contributed by atoms with Crippen molar-refractivity contribution < 1.29 is 19.5 Å². The average Bonchev–Trinajstić information content (AvgIpc) is 2.53. The molecule has 0 atom stereocenters. The molecule has 6 nitrogen and oxygen atoms in total. The Bertz CT molecular complexity index is 417. The first kappa shape index (κ1) is 16.4. The van der Waals surface area contributed by atoms with Gasteiger partial charge in [0.1, 0.15) is 0 Å². The van der Waals surface area contributed by atoms with E-state index in [1.807, 2.05) is 6.07 Å². The van der Waals surface area contributed by atoms with Crippen molar-refractivity contribution in [1.29, 1.82) is 0 Å². The summed E-state index contributed by atoms with van der Waals surface area (Å²) in [5, 5.41) is 18.2. The second-order valence-corrected chi connectivity index (χ2v) is 5.37. The van der Waals surface area contributed by atoms with E-state index in [0.717, 1.165) is 38.2 Å². The van der Waals surface area contributed by atoms with Crippen LogP contribution in [-0.4, -0.2) is 67.2 Å². The molecule has 1 saturated heterocycles. The Morgan fingerprint density at radius 1 is 1.29 bits per heavy atom. The van der Waals surface area contributed by atoms with E-state index < -0.39 is 7.12 Å². The molecule has 1 fully saturated rings. The highest BCUT2D eigenvalue weighted by atomic mass is 16.7. The lowest BCUT2D eigenvalue weighted by Gasteiger charge is -2.33. The molecule has 0 spiro atoms. The first-order valence-corrected chi connectivity index (χ1v) is 7.24. The summed E-state index contributed by atoms with van der Waals surface area (Å²) < 4.78 is 10.5. The summed E-state index contributed by atoms with van der Waals surface area (Å²) in [4.78, 5) is 6.69. The van der Waals surface area contributed by atoms with Crippen LogP contribution in [0.2, 0.25) is 0 Å². The van der Waals surface area contributed by atoms with Gasteiger partial charge in [-0.2, -0.15) is 0 Å². The topological polar surface area (TPSA) is 75.1 Å². The molecule has 2 heterocycles. The van der Waals surface area contributed by atoms with Crippen LogP contribution in [-0.2, 0) is 9.47 Å². The van der Waals surface area contributed by atoms with Crippen LogP contribution in [0.15, 0.2) is 18.3 Å². The van der Waals surface area contributed by atoms with E-state index in [1.165, 1.54) is 6.20 Å². The number of methoxy groups -OCH3 is 2. The molecule has 116 valence electrons. The maximum absolute atomic E-state index is 9.08. The number of pyridine rings is 1. The summed E-state index contributed by atoms with van der Waals surface area (Å²) in [7, 11) is 1.86. The molecule has 21 heavy (non-hydrogen) atoms. The molecule has 1 aromatic rings. The first-order valence-electron chi connectivity index (χ1n) is 7.24. The van der Waals surface area contributed by atoms with Crippen molar-refractivity contribution in [2.45, 2.75) is 25.0 Å². The van der Waals surface area contributed by atoms with Gasteiger partial charge in [-0.25, -0.2) is 0 Å². The van der Waals surface area contributed by atoms with Gasteiger partial charge in [-0.3, -0.25) is 9.88 Å². The molecule has 0 radical (unpaired) electrons. The molecular weight excluding hydrogens is 271 g/mol. The van der Waals surface area contributed by atoms with Gasteiger partial charge < -0.3 is 19.5 Å². The van der Waals surface area contributed by atoms with Crippen molar-refractivity contribution in [3.63, 3.8) is 0 Å². The van der Waals surface area contributed by atoms with Gasteiger partial charge in [0.25, 0.3) is 0 Å². The Labute approximate surface area is 125 Å². The van der Waals surface area contributed by atoms with E-state index in [9.17, 15) is 0 Å². The molecule has 0 amide bonds. The van der Waals surface area contributed by atoms with Gasteiger partial charge in [-0.05, 0) is 32.0 Å². The van der Waals surface area contributed by atoms with Crippen molar-refractivity contribution in [3.8, 4) is 0 Å². The minimum Gasteiger partial charge on any atom is -0.423 e. The quantitative estimate of drug-likeness (QED) is 0.547. The molecule has 0 aliphatic carbocycles. The third-order valence-electron chi connectivity index (χ3n) is 4.05. The Balaban J connectivity index is 1.86. The minimum absolute atomic E-state index is 0.176. The number of aromatic nitrogens is 1. The molecule has 2 rings (SSSR count). The lowest BCUT2D eigenvalue weighted by Crippen LogP contribution is -2.39. The third kappa shape index (κ3) is 4.49. The number of ether oxygens (including phenoxy) is 2. The number of nitrogens with zero attached hydrogens (tertiary/aromatic N) is 2. The minimum atomic E-state index is -1.45. The summed E-state index contributed by atoms with van der Waals surface area (Å²) in [5.74, 6) is 0.426. The van der Waals surface area contributed by atoms with E-state index in [1.54, 1.807) is 20.3 Å². The van der Waals surface area contributed by atoms with Crippen LogP contribution in [0.4, 0.5) is 0 Å². The van der Waals surface area contributed by atoms with Crippen molar-refractivity contribution in [1.82, 2.24) is 9.88 Å². The van der Waals surface area contributed by atoms with Gasteiger partial charge in [0.15, 0.2) is 6.29 Å². The maximum Gasteiger partial charge on any atom is 0.490 e. The van der Waals surface area contributed by atoms with E-state index in [0.29, 0.717) is 11.4 Å². The Kier molecular flexibility index (Phi) is 6.14. The molecule has 0 saturated carbocycles. The van der Waals surface area contributed by atoms with Gasteiger partial charge >= 0.3 is 7.12 Å². The molecule has 0 unspecified atom stereocenters. The summed E-state index contributed by atoms with van der Waals surface area (Å²) in [6, 6.07) is 3.62. The largest absolute Gasteiger partial charge is 0.490 e. The van der Waals surface area contributed by atoms with E-state index in [2.05, 4.69) is 9.88 Å². The third-order valence-corrected chi connectivity index (χ3v) is 4.05. The SMILES string of the molecule is COC(CN1CCC(c2ccc(B(O)O)cn2)CC1)OC. The van der Waals surface area contributed by atoms with Gasteiger partial charge in [0, 0.05) is 44.0 Å². The van der Waals surface area contributed by atoms with Crippen molar-refractivity contribution in [3.05, 3.63) is 24.0 Å². The lowest BCUT2D eigenvalue weighted by molar-refractivity contribution is -0.118. The van der Waals surface area contributed by atoms with Crippen molar-refractivity contribution in [2.75, 3.05) is 33.9 Å². The fourth-order valence-corrected chi connectivity index (χ4v) is 2.68. The van der Waals surface area contributed by atoms with Crippen LogP contribution >= 0.6 is 0 Å². The van der Waals surface area contributed by atoms with Gasteiger partial charge in [0.2, 0.25) is 0 Å². The molecule has 1 aliphatic heterocycles. The molecule has 7 heteroatoms.